The van der Waals surface area contributed by atoms with Crippen LogP contribution in [-0.4, -0.2) is 24.3 Å². The van der Waals surface area contributed by atoms with Crippen LogP contribution in [-0.2, 0) is 6.42 Å². The van der Waals surface area contributed by atoms with Crippen molar-refractivity contribution in [3.63, 3.8) is 0 Å². The van der Waals surface area contributed by atoms with Gasteiger partial charge >= 0.3 is 0 Å². The van der Waals surface area contributed by atoms with E-state index in [1.807, 2.05) is 6.07 Å². The molecular weight excluding hydrogens is 246 g/mol. The summed E-state index contributed by atoms with van der Waals surface area (Å²) in [7, 11) is 0. The molecule has 3 atom stereocenters. The number of aliphatic hydroxyl groups excluding tert-OH is 1. The van der Waals surface area contributed by atoms with E-state index >= 15 is 0 Å². The van der Waals surface area contributed by atoms with E-state index in [4.69, 9.17) is 0 Å². The van der Waals surface area contributed by atoms with E-state index in [0.717, 1.165) is 13.0 Å². The van der Waals surface area contributed by atoms with E-state index in [-0.39, 0.29) is 12.6 Å². The normalized spacial score (nSPS) is 24.2. The SMILES string of the molecule is CC1=CC(C)CC(CN[C@@H](CO)Cc2ccccc2)C1. The smallest absolute Gasteiger partial charge is 0.0587 e. The number of allylic oxidation sites excluding steroid dienone is 2. The van der Waals surface area contributed by atoms with Crippen LogP contribution < -0.4 is 5.32 Å². The molecule has 0 bridgehead atoms. The summed E-state index contributed by atoms with van der Waals surface area (Å²) in [5.74, 6) is 1.40. The third kappa shape index (κ3) is 4.77. The summed E-state index contributed by atoms with van der Waals surface area (Å²) in [5, 5.41) is 13.1. The summed E-state index contributed by atoms with van der Waals surface area (Å²) in [5.41, 5.74) is 2.80. The van der Waals surface area contributed by atoms with Crippen LogP contribution in [0.5, 0.6) is 0 Å². The van der Waals surface area contributed by atoms with Gasteiger partial charge in [-0.05, 0) is 50.1 Å². The van der Waals surface area contributed by atoms with E-state index in [1.54, 1.807) is 0 Å². The van der Waals surface area contributed by atoms with Crippen molar-refractivity contribution in [1.82, 2.24) is 5.32 Å². The quantitative estimate of drug-likeness (QED) is 0.780. The molecular formula is C18H27NO. The highest BCUT2D eigenvalue weighted by Crippen LogP contribution is 2.27. The zero-order valence-electron chi connectivity index (χ0n) is 12.7. The second-order valence-electron chi connectivity index (χ2n) is 6.27. The maximum absolute atomic E-state index is 9.55. The van der Waals surface area contributed by atoms with E-state index in [0.29, 0.717) is 11.8 Å². The summed E-state index contributed by atoms with van der Waals surface area (Å²) in [6.45, 7) is 5.73. The number of hydrogen-bond acceptors (Lipinski definition) is 2. The first kappa shape index (κ1) is 15.3. The molecule has 0 fully saturated rings. The van der Waals surface area contributed by atoms with Crippen LogP contribution in [0.2, 0.25) is 0 Å². The molecule has 1 aliphatic rings. The van der Waals surface area contributed by atoms with Gasteiger partial charge < -0.3 is 10.4 Å². The molecule has 2 nitrogen and oxygen atoms in total. The highest BCUT2D eigenvalue weighted by Gasteiger charge is 2.19. The lowest BCUT2D eigenvalue weighted by atomic mass is 9.83. The Hall–Kier alpha value is -1.12. The summed E-state index contributed by atoms with van der Waals surface area (Å²) in [6.07, 6.45) is 5.74. The fourth-order valence-electron chi connectivity index (χ4n) is 3.27. The fourth-order valence-corrected chi connectivity index (χ4v) is 3.27. The van der Waals surface area contributed by atoms with Crippen molar-refractivity contribution in [2.24, 2.45) is 11.8 Å². The van der Waals surface area contributed by atoms with Gasteiger partial charge in [-0.25, -0.2) is 0 Å². The monoisotopic (exact) mass is 273 g/mol. The lowest BCUT2D eigenvalue weighted by Crippen LogP contribution is -2.38. The van der Waals surface area contributed by atoms with E-state index in [2.05, 4.69) is 49.5 Å². The minimum atomic E-state index is 0.166. The van der Waals surface area contributed by atoms with Gasteiger partial charge in [-0.1, -0.05) is 48.9 Å². The van der Waals surface area contributed by atoms with Crippen LogP contribution in [0.4, 0.5) is 0 Å². The zero-order valence-corrected chi connectivity index (χ0v) is 12.7. The minimum Gasteiger partial charge on any atom is -0.395 e. The van der Waals surface area contributed by atoms with Gasteiger partial charge in [0.1, 0.15) is 0 Å². The molecule has 0 saturated carbocycles. The third-order valence-corrected chi connectivity index (χ3v) is 4.13. The largest absolute Gasteiger partial charge is 0.395 e. The van der Waals surface area contributed by atoms with Gasteiger partial charge in [-0.3, -0.25) is 0 Å². The molecule has 1 aromatic rings. The molecule has 0 amide bonds. The van der Waals surface area contributed by atoms with Crippen molar-refractivity contribution < 1.29 is 5.11 Å². The van der Waals surface area contributed by atoms with Crippen molar-refractivity contribution in [1.29, 1.82) is 0 Å². The Morgan fingerprint density at radius 3 is 2.70 bits per heavy atom. The van der Waals surface area contributed by atoms with Crippen molar-refractivity contribution in [2.75, 3.05) is 13.2 Å². The molecule has 0 heterocycles. The van der Waals surface area contributed by atoms with Gasteiger partial charge in [0.25, 0.3) is 0 Å². The summed E-state index contributed by atoms with van der Waals surface area (Å²) in [4.78, 5) is 0. The van der Waals surface area contributed by atoms with Gasteiger partial charge in [-0.15, -0.1) is 0 Å². The zero-order chi connectivity index (χ0) is 14.4. The predicted molar refractivity (Wildman–Crippen MR) is 84.7 cm³/mol. The number of nitrogens with one attached hydrogen (secondary N) is 1. The Morgan fingerprint density at radius 2 is 2.05 bits per heavy atom. The summed E-state index contributed by atoms with van der Waals surface area (Å²) >= 11 is 0. The van der Waals surface area contributed by atoms with Crippen LogP contribution in [0.1, 0.15) is 32.3 Å². The van der Waals surface area contributed by atoms with Gasteiger partial charge in [0.2, 0.25) is 0 Å². The van der Waals surface area contributed by atoms with Gasteiger partial charge in [-0.2, -0.15) is 0 Å². The Balaban J connectivity index is 1.81. The molecule has 2 heteroatoms. The highest BCUT2D eigenvalue weighted by molar-refractivity contribution is 5.16. The lowest BCUT2D eigenvalue weighted by Gasteiger charge is -2.27. The molecule has 20 heavy (non-hydrogen) atoms. The first-order chi connectivity index (χ1) is 9.67. The minimum absolute atomic E-state index is 0.166. The Morgan fingerprint density at radius 1 is 1.30 bits per heavy atom. The fraction of sp³-hybridized carbons (Fsp3) is 0.556. The second kappa shape index (κ2) is 7.61. The van der Waals surface area contributed by atoms with E-state index in [9.17, 15) is 5.11 Å². The number of benzene rings is 1. The maximum Gasteiger partial charge on any atom is 0.0587 e. The van der Waals surface area contributed by atoms with Crippen LogP contribution in [0.15, 0.2) is 42.0 Å². The first-order valence-electron chi connectivity index (χ1n) is 7.73. The van der Waals surface area contributed by atoms with Crippen LogP contribution in [0.3, 0.4) is 0 Å². The average molecular weight is 273 g/mol. The molecule has 0 radical (unpaired) electrons. The van der Waals surface area contributed by atoms with Crippen molar-refractivity contribution >= 4 is 0 Å². The van der Waals surface area contributed by atoms with Crippen molar-refractivity contribution in [3.05, 3.63) is 47.5 Å². The van der Waals surface area contributed by atoms with Gasteiger partial charge in [0, 0.05) is 6.04 Å². The van der Waals surface area contributed by atoms with E-state index < -0.39 is 0 Å². The number of rotatable bonds is 6. The van der Waals surface area contributed by atoms with Crippen molar-refractivity contribution in [2.45, 2.75) is 39.2 Å². The second-order valence-corrected chi connectivity index (χ2v) is 6.27. The first-order valence-corrected chi connectivity index (χ1v) is 7.73. The molecule has 2 N–H and O–H groups in total. The molecule has 0 saturated heterocycles. The molecule has 1 aromatic carbocycles. The van der Waals surface area contributed by atoms with Crippen LogP contribution >= 0.6 is 0 Å². The van der Waals surface area contributed by atoms with E-state index in [1.165, 1.54) is 24.0 Å². The molecule has 0 spiro atoms. The average Bonchev–Trinajstić information content (AvgIpc) is 2.43. The summed E-state index contributed by atoms with van der Waals surface area (Å²) in [6, 6.07) is 10.6. The standard InChI is InChI=1S/C18H27NO/c1-14-8-15(2)10-17(9-14)12-19-18(13-20)11-16-6-4-3-5-7-16/h3-8,14,17-20H,9-13H2,1-2H3/t14?,17?,18-/m1/s1. The Kier molecular flexibility index (Phi) is 5.81. The van der Waals surface area contributed by atoms with Gasteiger partial charge in [0.15, 0.2) is 0 Å². The topological polar surface area (TPSA) is 32.3 Å². The predicted octanol–water partition coefficient (Wildman–Crippen LogP) is 3.17. The lowest BCUT2D eigenvalue weighted by molar-refractivity contribution is 0.232. The molecule has 1 aliphatic carbocycles. The van der Waals surface area contributed by atoms with Crippen molar-refractivity contribution in [3.8, 4) is 0 Å². The Labute approximate surface area is 122 Å². The molecule has 110 valence electrons. The Bertz CT molecular complexity index is 426. The number of aliphatic hydroxyl groups is 1. The van der Waals surface area contributed by atoms with Crippen LogP contribution in [0, 0.1) is 11.8 Å². The van der Waals surface area contributed by atoms with Crippen LogP contribution in [0.25, 0.3) is 0 Å². The van der Waals surface area contributed by atoms with Gasteiger partial charge in [0.05, 0.1) is 6.61 Å². The molecule has 2 unspecified atom stereocenters. The highest BCUT2D eigenvalue weighted by atomic mass is 16.3. The molecule has 0 aromatic heterocycles. The number of hydrogen-bond donors (Lipinski definition) is 2. The maximum atomic E-state index is 9.55. The summed E-state index contributed by atoms with van der Waals surface area (Å²) < 4.78 is 0. The molecule has 0 aliphatic heterocycles. The molecule has 2 rings (SSSR count). The third-order valence-electron chi connectivity index (χ3n) is 4.13.